The fourth-order valence-corrected chi connectivity index (χ4v) is 1.50. The second-order valence-electron chi connectivity index (χ2n) is 5.46. The van der Waals surface area contributed by atoms with E-state index in [9.17, 15) is 9.90 Å². The summed E-state index contributed by atoms with van der Waals surface area (Å²) in [6.07, 6.45) is 0.955. The van der Waals surface area contributed by atoms with Gasteiger partial charge in [-0.15, -0.1) is 0 Å². The molecule has 0 bridgehead atoms. The molecule has 0 radical (unpaired) electrons. The van der Waals surface area contributed by atoms with E-state index in [2.05, 4.69) is 0 Å². The van der Waals surface area contributed by atoms with Crippen LogP contribution in [0.4, 0.5) is 4.79 Å². The van der Waals surface area contributed by atoms with Crippen LogP contribution in [-0.4, -0.2) is 48.1 Å². The quantitative estimate of drug-likeness (QED) is 0.590. The van der Waals surface area contributed by atoms with Crippen LogP contribution in [0.1, 0.15) is 33.6 Å². The third-order valence-corrected chi connectivity index (χ3v) is 2.49. The van der Waals surface area contributed by atoms with E-state index in [0.717, 1.165) is 0 Å². The molecule has 1 heterocycles. The standard InChI is InChI=1S/C10H20BNO3/c1-9(2,3)15-8(13)12-6-4-10(11,14)5-7-12/h14H,4-7,11H2,1-3H3. The summed E-state index contributed by atoms with van der Waals surface area (Å²) in [5.74, 6) is 0. The van der Waals surface area contributed by atoms with Gasteiger partial charge in [-0.3, -0.25) is 0 Å². The molecule has 0 saturated carbocycles. The van der Waals surface area contributed by atoms with Gasteiger partial charge in [0.1, 0.15) is 13.4 Å². The van der Waals surface area contributed by atoms with Gasteiger partial charge in [0.2, 0.25) is 0 Å². The molecule has 1 aliphatic rings. The Morgan fingerprint density at radius 2 is 1.87 bits per heavy atom. The van der Waals surface area contributed by atoms with Gasteiger partial charge in [0, 0.05) is 18.6 Å². The average molecular weight is 213 g/mol. The molecule has 1 N–H and O–H groups in total. The molecule has 4 nitrogen and oxygen atoms in total. The van der Waals surface area contributed by atoms with Crippen molar-refractivity contribution in [3.63, 3.8) is 0 Å². The Kier molecular flexibility index (Phi) is 3.33. The van der Waals surface area contributed by atoms with Crippen LogP contribution in [0.25, 0.3) is 0 Å². The van der Waals surface area contributed by atoms with Gasteiger partial charge in [-0.05, 0) is 33.6 Å². The highest BCUT2D eigenvalue weighted by Gasteiger charge is 2.31. The Morgan fingerprint density at radius 3 is 2.27 bits per heavy atom. The van der Waals surface area contributed by atoms with Crippen LogP contribution < -0.4 is 0 Å². The van der Waals surface area contributed by atoms with Crippen molar-refractivity contribution in [2.75, 3.05) is 13.1 Å². The van der Waals surface area contributed by atoms with Gasteiger partial charge in [0.15, 0.2) is 0 Å². The van der Waals surface area contributed by atoms with E-state index in [0.29, 0.717) is 25.9 Å². The summed E-state index contributed by atoms with van der Waals surface area (Å²) in [6.45, 7) is 6.70. The molecule has 1 fully saturated rings. The Hall–Kier alpha value is -0.705. The Labute approximate surface area is 92.0 Å². The molecule has 1 aliphatic heterocycles. The molecule has 5 heteroatoms. The second kappa shape index (κ2) is 4.04. The molecule has 0 aromatic heterocycles. The fourth-order valence-electron chi connectivity index (χ4n) is 1.50. The lowest BCUT2D eigenvalue weighted by molar-refractivity contribution is 0.00190. The highest BCUT2D eigenvalue weighted by molar-refractivity contribution is 6.14. The maximum Gasteiger partial charge on any atom is 0.410 e. The third-order valence-electron chi connectivity index (χ3n) is 2.49. The Morgan fingerprint density at radius 1 is 1.40 bits per heavy atom. The van der Waals surface area contributed by atoms with Gasteiger partial charge in [-0.25, -0.2) is 4.79 Å². The van der Waals surface area contributed by atoms with Crippen molar-refractivity contribution in [2.24, 2.45) is 0 Å². The first-order valence-corrected chi connectivity index (χ1v) is 5.40. The summed E-state index contributed by atoms with van der Waals surface area (Å²) in [5, 5.41) is 9.73. The van der Waals surface area contributed by atoms with Gasteiger partial charge in [-0.1, -0.05) is 0 Å². The molecular weight excluding hydrogens is 193 g/mol. The number of amides is 1. The minimum Gasteiger partial charge on any atom is -0.444 e. The smallest absolute Gasteiger partial charge is 0.410 e. The SMILES string of the molecule is BC1(O)CCN(C(=O)OC(C)(C)C)CC1. The molecule has 0 aromatic carbocycles. The lowest BCUT2D eigenvalue weighted by Crippen LogP contribution is -2.48. The topological polar surface area (TPSA) is 49.8 Å². The molecule has 86 valence electrons. The molecule has 1 saturated heterocycles. The van der Waals surface area contributed by atoms with E-state index in [1.54, 1.807) is 12.7 Å². The maximum atomic E-state index is 11.6. The molecule has 0 spiro atoms. The van der Waals surface area contributed by atoms with Gasteiger partial charge in [0.05, 0.1) is 0 Å². The number of nitrogens with zero attached hydrogens (tertiary/aromatic N) is 1. The molecule has 0 aromatic rings. The number of aliphatic hydroxyl groups is 1. The number of rotatable bonds is 0. The van der Waals surface area contributed by atoms with Crippen molar-refractivity contribution in [2.45, 2.75) is 44.7 Å². The summed E-state index contributed by atoms with van der Waals surface area (Å²) in [7, 11) is 1.80. The molecule has 1 rings (SSSR count). The zero-order chi connectivity index (χ0) is 11.7. The first-order valence-electron chi connectivity index (χ1n) is 5.40. The number of hydrogen-bond acceptors (Lipinski definition) is 3. The van der Waals surface area contributed by atoms with Crippen LogP contribution in [0, 0.1) is 0 Å². The third kappa shape index (κ3) is 4.12. The number of piperidine rings is 1. The molecular formula is C10H20BNO3. The van der Waals surface area contributed by atoms with Crippen molar-refractivity contribution in [1.29, 1.82) is 0 Å². The van der Waals surface area contributed by atoms with Crippen molar-refractivity contribution < 1.29 is 14.6 Å². The average Bonchev–Trinajstić information content (AvgIpc) is 2.00. The first-order chi connectivity index (χ1) is 6.70. The Bertz CT molecular complexity index is 238. The van der Waals surface area contributed by atoms with Crippen molar-refractivity contribution in [1.82, 2.24) is 4.90 Å². The summed E-state index contributed by atoms with van der Waals surface area (Å²) < 4.78 is 5.25. The lowest BCUT2D eigenvalue weighted by Gasteiger charge is -2.36. The van der Waals surface area contributed by atoms with Gasteiger partial charge >= 0.3 is 6.09 Å². The predicted molar refractivity (Wildman–Crippen MR) is 60.5 cm³/mol. The highest BCUT2D eigenvalue weighted by Crippen LogP contribution is 2.20. The van der Waals surface area contributed by atoms with Gasteiger partial charge in [-0.2, -0.15) is 0 Å². The monoisotopic (exact) mass is 213 g/mol. The maximum absolute atomic E-state index is 11.6. The molecule has 0 unspecified atom stereocenters. The van der Waals surface area contributed by atoms with E-state index < -0.39 is 11.1 Å². The minimum atomic E-state index is -0.626. The van der Waals surface area contributed by atoms with Gasteiger partial charge < -0.3 is 14.7 Å². The largest absolute Gasteiger partial charge is 0.444 e. The van der Waals surface area contributed by atoms with E-state index in [1.807, 2.05) is 20.8 Å². The number of likely N-dealkylation sites (tertiary alicyclic amines) is 1. The Balaban J connectivity index is 2.44. The predicted octanol–water partition coefficient (Wildman–Crippen LogP) is 0.339. The van der Waals surface area contributed by atoms with Crippen LogP contribution in [0.15, 0.2) is 0 Å². The highest BCUT2D eigenvalue weighted by atomic mass is 16.6. The van der Waals surface area contributed by atoms with Gasteiger partial charge in [0.25, 0.3) is 0 Å². The van der Waals surface area contributed by atoms with Crippen molar-refractivity contribution in [3.8, 4) is 0 Å². The number of carbonyl (C=O) groups is 1. The van der Waals surface area contributed by atoms with E-state index in [1.165, 1.54) is 0 Å². The normalized spacial score (nSPS) is 21.2. The van der Waals surface area contributed by atoms with E-state index in [-0.39, 0.29) is 6.09 Å². The van der Waals surface area contributed by atoms with Crippen LogP contribution in [-0.2, 0) is 4.74 Å². The summed E-state index contributed by atoms with van der Waals surface area (Å²) in [5.41, 5.74) is -1.07. The zero-order valence-electron chi connectivity index (χ0n) is 10.0. The van der Waals surface area contributed by atoms with Crippen LogP contribution >= 0.6 is 0 Å². The first kappa shape index (κ1) is 12.4. The summed E-state index contributed by atoms with van der Waals surface area (Å²) in [6, 6.07) is 0. The van der Waals surface area contributed by atoms with Crippen LogP contribution in [0.3, 0.4) is 0 Å². The summed E-state index contributed by atoms with van der Waals surface area (Å²) in [4.78, 5) is 13.3. The molecule has 0 aliphatic carbocycles. The number of hydrogen-bond donors (Lipinski definition) is 1. The van der Waals surface area contributed by atoms with Crippen LogP contribution in [0.2, 0.25) is 0 Å². The number of ether oxygens (including phenoxy) is 1. The molecule has 0 atom stereocenters. The molecule has 1 amide bonds. The second-order valence-corrected chi connectivity index (χ2v) is 5.46. The van der Waals surface area contributed by atoms with Crippen LogP contribution in [0.5, 0.6) is 0 Å². The summed E-state index contributed by atoms with van der Waals surface area (Å²) >= 11 is 0. The fraction of sp³-hybridized carbons (Fsp3) is 0.900. The molecule has 15 heavy (non-hydrogen) atoms. The van der Waals surface area contributed by atoms with Crippen molar-refractivity contribution >= 4 is 13.9 Å². The van der Waals surface area contributed by atoms with Crippen molar-refractivity contribution in [3.05, 3.63) is 0 Å². The lowest BCUT2D eigenvalue weighted by atomic mass is 9.74. The minimum absolute atomic E-state index is 0.280. The van der Waals surface area contributed by atoms with E-state index >= 15 is 0 Å². The van der Waals surface area contributed by atoms with E-state index in [4.69, 9.17) is 4.74 Å². The number of carbonyl (C=O) groups excluding carboxylic acids is 1. The zero-order valence-corrected chi connectivity index (χ0v) is 10.0.